The molecule has 1 saturated carbocycles. The summed E-state index contributed by atoms with van der Waals surface area (Å²) in [6, 6.07) is 13.1. The molecule has 0 radical (unpaired) electrons. The van der Waals surface area contributed by atoms with Gasteiger partial charge in [0.25, 0.3) is 0 Å². The summed E-state index contributed by atoms with van der Waals surface area (Å²) in [5.74, 6) is 1.05. The number of thiocarbonyl (C=S) groups is 1. The summed E-state index contributed by atoms with van der Waals surface area (Å²) in [7, 11) is 0. The van der Waals surface area contributed by atoms with Crippen molar-refractivity contribution in [2.45, 2.75) is 69.7 Å². The maximum Gasteiger partial charge on any atom is 0.170 e. The summed E-state index contributed by atoms with van der Waals surface area (Å²) in [6.07, 6.45) is 11.8. The smallest absolute Gasteiger partial charge is 0.170 e. The van der Waals surface area contributed by atoms with Gasteiger partial charge in [0, 0.05) is 29.6 Å². The quantitative estimate of drug-likeness (QED) is 0.516. The number of piperidine rings is 1. The topological polar surface area (TPSA) is 40.2 Å². The van der Waals surface area contributed by atoms with E-state index in [2.05, 4.69) is 57.8 Å². The molecule has 0 spiro atoms. The van der Waals surface area contributed by atoms with Crippen LogP contribution in [0, 0.1) is 0 Å². The molecule has 1 aromatic carbocycles. The first-order chi connectivity index (χ1) is 15.1. The van der Waals surface area contributed by atoms with Gasteiger partial charge in [0.15, 0.2) is 5.11 Å². The molecule has 1 aromatic heterocycles. The average molecular weight is 457 g/mol. The van der Waals surface area contributed by atoms with Crippen molar-refractivity contribution in [3.8, 4) is 0 Å². The Labute approximate surface area is 196 Å². The molecule has 166 valence electrons. The monoisotopic (exact) mass is 456 g/mol. The largest absolute Gasteiger partial charge is 0.362 e. The van der Waals surface area contributed by atoms with Gasteiger partial charge in [-0.3, -0.25) is 0 Å². The lowest BCUT2D eigenvalue weighted by molar-refractivity contribution is 0.292. The van der Waals surface area contributed by atoms with E-state index >= 15 is 0 Å². The van der Waals surface area contributed by atoms with Crippen LogP contribution in [-0.2, 0) is 5.41 Å². The van der Waals surface area contributed by atoms with Crippen molar-refractivity contribution < 1.29 is 0 Å². The van der Waals surface area contributed by atoms with Gasteiger partial charge in [0.1, 0.15) is 5.82 Å². The maximum atomic E-state index is 6.30. The van der Waals surface area contributed by atoms with Gasteiger partial charge >= 0.3 is 0 Å². The Bertz CT molecular complexity index is 879. The minimum atomic E-state index is 0.0847. The lowest BCUT2D eigenvalue weighted by atomic mass is 9.69. The summed E-state index contributed by atoms with van der Waals surface area (Å²) >= 11 is 11.9. The van der Waals surface area contributed by atoms with Crippen LogP contribution >= 0.6 is 23.8 Å². The molecule has 0 amide bonds. The van der Waals surface area contributed by atoms with E-state index in [9.17, 15) is 0 Å². The van der Waals surface area contributed by atoms with Crippen LogP contribution in [0.5, 0.6) is 0 Å². The third-order valence-corrected chi connectivity index (χ3v) is 7.42. The molecule has 2 fully saturated rings. The molecule has 1 saturated heterocycles. The Morgan fingerprint density at radius 2 is 2.00 bits per heavy atom. The highest BCUT2D eigenvalue weighted by Crippen LogP contribution is 2.39. The van der Waals surface area contributed by atoms with Gasteiger partial charge in [-0.05, 0) is 81.1 Å². The normalized spacial score (nSPS) is 20.8. The number of benzene rings is 1. The molecule has 4 nitrogen and oxygen atoms in total. The van der Waals surface area contributed by atoms with Crippen LogP contribution in [-0.4, -0.2) is 29.2 Å². The van der Waals surface area contributed by atoms with Gasteiger partial charge in [0.2, 0.25) is 0 Å². The Morgan fingerprint density at radius 3 is 2.71 bits per heavy atom. The van der Waals surface area contributed by atoms with Crippen molar-refractivity contribution >= 4 is 40.4 Å². The Morgan fingerprint density at radius 1 is 1.16 bits per heavy atom. The number of halogens is 1. The predicted octanol–water partition coefficient (Wildman–Crippen LogP) is 6.30. The summed E-state index contributed by atoms with van der Waals surface area (Å²) in [5, 5.41) is 8.25. The first-order valence-electron chi connectivity index (χ1n) is 11.6. The Balaban J connectivity index is 1.37. The lowest BCUT2D eigenvalue weighted by Crippen LogP contribution is -2.43. The van der Waals surface area contributed by atoms with E-state index in [1.807, 2.05) is 12.3 Å². The molecule has 1 atom stereocenters. The second-order valence-electron chi connectivity index (χ2n) is 9.10. The third kappa shape index (κ3) is 5.50. The Kier molecular flexibility index (Phi) is 7.34. The van der Waals surface area contributed by atoms with E-state index < -0.39 is 0 Å². The van der Waals surface area contributed by atoms with Gasteiger partial charge in [0.05, 0.1) is 11.9 Å². The van der Waals surface area contributed by atoms with Crippen LogP contribution < -0.4 is 15.5 Å². The van der Waals surface area contributed by atoms with Crippen molar-refractivity contribution in [1.29, 1.82) is 0 Å². The van der Waals surface area contributed by atoms with Crippen LogP contribution in [0.15, 0.2) is 42.6 Å². The van der Waals surface area contributed by atoms with Gasteiger partial charge < -0.3 is 15.5 Å². The zero-order valence-electron chi connectivity index (χ0n) is 18.4. The molecule has 2 N–H and O–H groups in total. The second-order valence-corrected chi connectivity index (χ2v) is 9.95. The minimum Gasteiger partial charge on any atom is -0.362 e. The van der Waals surface area contributed by atoms with E-state index in [0.29, 0.717) is 11.2 Å². The molecule has 31 heavy (non-hydrogen) atoms. The zero-order chi connectivity index (χ0) is 21.7. The third-order valence-electron chi connectivity index (χ3n) is 6.94. The second kappa shape index (κ2) is 10.2. The van der Waals surface area contributed by atoms with Gasteiger partial charge in [-0.25, -0.2) is 4.98 Å². The number of nitrogens with one attached hydrogen (secondary N) is 2. The highest BCUT2D eigenvalue weighted by atomic mass is 35.5. The molecule has 1 aliphatic heterocycles. The van der Waals surface area contributed by atoms with Gasteiger partial charge in [-0.15, -0.1) is 0 Å². The molecule has 2 aromatic rings. The van der Waals surface area contributed by atoms with Gasteiger partial charge in [-0.2, -0.15) is 0 Å². The highest BCUT2D eigenvalue weighted by molar-refractivity contribution is 7.80. The molecule has 2 aliphatic rings. The summed E-state index contributed by atoms with van der Waals surface area (Å²) in [4.78, 5) is 7.09. The molecule has 2 heterocycles. The lowest BCUT2D eigenvalue weighted by Gasteiger charge is -2.38. The van der Waals surface area contributed by atoms with Crippen molar-refractivity contribution in [1.82, 2.24) is 10.3 Å². The fourth-order valence-electron chi connectivity index (χ4n) is 5.11. The summed E-state index contributed by atoms with van der Waals surface area (Å²) < 4.78 is 0. The number of nitrogens with zero attached hydrogens (tertiary/aromatic N) is 2. The first kappa shape index (κ1) is 22.3. The van der Waals surface area contributed by atoms with Crippen LogP contribution in [0.1, 0.15) is 63.9 Å². The van der Waals surface area contributed by atoms with E-state index in [4.69, 9.17) is 23.8 Å². The standard InChI is InChI=1S/C25H33ClN4S/c1-19-8-3-6-15-30(19)23-12-11-22(17-27-23)29-24(31)28-18-25(13-4-2-5-14-25)20-9-7-10-21(26)16-20/h7,9-12,16-17,19H,2-6,8,13-15,18H2,1H3,(H2,28,29,31). The first-order valence-corrected chi connectivity index (χ1v) is 12.4. The van der Waals surface area contributed by atoms with Crippen molar-refractivity contribution in [3.63, 3.8) is 0 Å². The number of rotatable bonds is 5. The van der Waals surface area contributed by atoms with Crippen molar-refractivity contribution in [2.75, 3.05) is 23.3 Å². The molecule has 4 rings (SSSR count). The molecule has 6 heteroatoms. The number of hydrogen-bond acceptors (Lipinski definition) is 3. The van der Waals surface area contributed by atoms with E-state index in [-0.39, 0.29) is 5.41 Å². The fraction of sp³-hybridized carbons (Fsp3) is 0.520. The average Bonchev–Trinajstić information content (AvgIpc) is 2.79. The molecular formula is C25H33ClN4S. The summed E-state index contributed by atoms with van der Waals surface area (Å²) in [6.45, 7) is 4.19. The van der Waals surface area contributed by atoms with E-state index in [1.165, 1.54) is 44.1 Å². The zero-order valence-corrected chi connectivity index (χ0v) is 19.9. The van der Waals surface area contributed by atoms with Crippen LogP contribution in [0.25, 0.3) is 0 Å². The molecule has 1 unspecified atom stereocenters. The van der Waals surface area contributed by atoms with Crippen LogP contribution in [0.4, 0.5) is 11.5 Å². The Hall–Kier alpha value is -1.85. The number of anilines is 2. The fourth-order valence-corrected chi connectivity index (χ4v) is 5.49. The van der Waals surface area contributed by atoms with E-state index in [0.717, 1.165) is 42.5 Å². The highest BCUT2D eigenvalue weighted by Gasteiger charge is 2.34. The predicted molar refractivity (Wildman–Crippen MR) is 135 cm³/mol. The molecule has 1 aliphatic carbocycles. The molecule has 0 bridgehead atoms. The summed E-state index contributed by atoms with van der Waals surface area (Å²) in [5.41, 5.74) is 2.32. The van der Waals surface area contributed by atoms with Crippen molar-refractivity contribution in [3.05, 3.63) is 53.2 Å². The van der Waals surface area contributed by atoms with E-state index in [1.54, 1.807) is 0 Å². The van der Waals surface area contributed by atoms with Crippen LogP contribution in [0.3, 0.4) is 0 Å². The van der Waals surface area contributed by atoms with Gasteiger partial charge in [-0.1, -0.05) is 43.0 Å². The molecular weight excluding hydrogens is 424 g/mol. The minimum absolute atomic E-state index is 0.0847. The number of hydrogen-bond donors (Lipinski definition) is 2. The number of aromatic nitrogens is 1. The van der Waals surface area contributed by atoms with Crippen molar-refractivity contribution in [2.24, 2.45) is 0 Å². The SMILES string of the molecule is CC1CCCCN1c1ccc(NC(=S)NCC2(c3cccc(Cl)c3)CCCCC2)cn1. The van der Waals surface area contributed by atoms with Crippen LogP contribution in [0.2, 0.25) is 5.02 Å². The maximum absolute atomic E-state index is 6.30. The number of pyridine rings is 1.